The van der Waals surface area contributed by atoms with Crippen LogP contribution >= 0.6 is 0 Å². The molecule has 2 heterocycles. The quantitative estimate of drug-likeness (QED) is 0.596. The zero-order chi connectivity index (χ0) is 23.4. The molecule has 0 radical (unpaired) electrons. The van der Waals surface area contributed by atoms with Gasteiger partial charge in [-0.15, -0.1) is 0 Å². The van der Waals surface area contributed by atoms with Gasteiger partial charge >= 0.3 is 0 Å². The molecule has 6 rings (SSSR count). The highest BCUT2D eigenvalue weighted by atomic mass is 19.2. The normalized spacial score (nSPS) is 23.9. The van der Waals surface area contributed by atoms with E-state index < -0.39 is 23.2 Å². The maximum absolute atomic E-state index is 14.3. The minimum atomic E-state index is -0.923. The highest BCUT2D eigenvalue weighted by Gasteiger charge is 2.53. The van der Waals surface area contributed by atoms with Crippen molar-refractivity contribution >= 4 is 16.7 Å². The molecule has 6 heteroatoms. The van der Waals surface area contributed by atoms with E-state index in [1.165, 1.54) is 12.1 Å². The first-order valence-electron chi connectivity index (χ1n) is 12.1. The highest BCUT2D eigenvalue weighted by molar-refractivity contribution is 5.88. The van der Waals surface area contributed by atoms with Crippen LogP contribution in [0.1, 0.15) is 41.5 Å². The number of rotatable bonds is 4. The smallest absolute Gasteiger partial charge is 0.230 e. The van der Waals surface area contributed by atoms with Crippen LogP contribution in [0, 0.1) is 24.5 Å². The molecule has 2 aliphatic heterocycles. The average molecular weight is 463 g/mol. The molecule has 1 saturated heterocycles. The largest absolute Gasteiger partial charge is 0.365 e. The summed E-state index contributed by atoms with van der Waals surface area (Å²) >= 11 is 0. The Morgan fingerprint density at radius 3 is 2.76 bits per heavy atom. The molecular formula is C28H28F2N2O2. The second kappa shape index (κ2) is 8.14. The molecular weight excluding hydrogens is 434 g/mol. The molecule has 3 aromatic rings. The van der Waals surface area contributed by atoms with Crippen LogP contribution in [-0.4, -0.2) is 29.9 Å². The predicted molar refractivity (Wildman–Crippen MR) is 126 cm³/mol. The van der Waals surface area contributed by atoms with Crippen LogP contribution < -0.4 is 5.32 Å². The number of ether oxygens (including phenoxy) is 1. The van der Waals surface area contributed by atoms with E-state index in [0.717, 1.165) is 34.7 Å². The van der Waals surface area contributed by atoms with Gasteiger partial charge in [-0.1, -0.05) is 36.4 Å². The van der Waals surface area contributed by atoms with Gasteiger partial charge in [-0.3, -0.25) is 4.79 Å². The fourth-order valence-corrected chi connectivity index (χ4v) is 5.83. The Kier molecular flexibility index (Phi) is 5.19. The van der Waals surface area contributed by atoms with Crippen molar-refractivity contribution in [2.45, 2.75) is 51.0 Å². The Bertz CT molecular complexity index is 1290. The van der Waals surface area contributed by atoms with Gasteiger partial charge in [0.1, 0.15) is 5.60 Å². The second-order valence-corrected chi connectivity index (χ2v) is 9.89. The van der Waals surface area contributed by atoms with Crippen LogP contribution in [0.15, 0.2) is 48.5 Å². The Labute approximate surface area is 197 Å². The number of nitrogens with one attached hydrogen (secondary N) is 1. The van der Waals surface area contributed by atoms with Crippen LogP contribution in [0.25, 0.3) is 10.8 Å². The number of amides is 1. The lowest BCUT2D eigenvalue weighted by Gasteiger charge is -2.43. The van der Waals surface area contributed by atoms with Crippen molar-refractivity contribution in [1.82, 2.24) is 10.2 Å². The van der Waals surface area contributed by atoms with E-state index in [-0.39, 0.29) is 18.6 Å². The number of carbonyl (C=O) groups is 1. The summed E-state index contributed by atoms with van der Waals surface area (Å²) in [7, 11) is 0. The molecule has 1 spiro atoms. The van der Waals surface area contributed by atoms with E-state index in [1.807, 2.05) is 17.0 Å². The van der Waals surface area contributed by atoms with Crippen molar-refractivity contribution < 1.29 is 18.3 Å². The summed E-state index contributed by atoms with van der Waals surface area (Å²) in [4.78, 5) is 16.2. The first kappa shape index (κ1) is 21.7. The zero-order valence-electron chi connectivity index (χ0n) is 19.2. The maximum atomic E-state index is 14.3. The van der Waals surface area contributed by atoms with E-state index in [4.69, 9.17) is 4.74 Å². The molecule has 3 aliphatic rings. The van der Waals surface area contributed by atoms with E-state index in [0.29, 0.717) is 37.2 Å². The number of hydrogen-bond acceptors (Lipinski definition) is 3. The molecule has 3 aromatic carbocycles. The Morgan fingerprint density at radius 2 is 1.94 bits per heavy atom. The lowest BCUT2D eigenvalue weighted by molar-refractivity contribution is -0.157. The molecule has 2 fully saturated rings. The van der Waals surface area contributed by atoms with E-state index in [9.17, 15) is 13.6 Å². The number of piperidine rings is 1. The number of benzene rings is 3. The number of nitrogens with zero attached hydrogens (tertiary/aromatic N) is 1. The van der Waals surface area contributed by atoms with Crippen LogP contribution in [0.4, 0.5) is 8.78 Å². The van der Waals surface area contributed by atoms with Gasteiger partial charge in [0.05, 0.1) is 12.5 Å². The summed E-state index contributed by atoms with van der Waals surface area (Å²) in [6, 6.07) is 15.2. The number of carbonyl (C=O) groups excluding carboxylic acids is 1. The van der Waals surface area contributed by atoms with Gasteiger partial charge in [-0.25, -0.2) is 8.78 Å². The molecule has 4 nitrogen and oxygen atoms in total. The summed E-state index contributed by atoms with van der Waals surface area (Å²) in [6.45, 7) is 3.94. The van der Waals surface area contributed by atoms with Crippen molar-refractivity contribution in [3.63, 3.8) is 0 Å². The topological polar surface area (TPSA) is 41.6 Å². The van der Waals surface area contributed by atoms with Gasteiger partial charge in [0.25, 0.3) is 0 Å². The van der Waals surface area contributed by atoms with Gasteiger partial charge in [0.2, 0.25) is 5.91 Å². The average Bonchev–Trinajstić information content (AvgIpc) is 3.64. The van der Waals surface area contributed by atoms with Crippen LogP contribution in [0.5, 0.6) is 0 Å². The molecule has 34 heavy (non-hydrogen) atoms. The number of aryl methyl sites for hydroxylation is 1. The lowest BCUT2D eigenvalue weighted by Crippen LogP contribution is -2.55. The molecule has 1 unspecified atom stereocenters. The van der Waals surface area contributed by atoms with Crippen molar-refractivity contribution in [2.24, 2.45) is 5.92 Å². The van der Waals surface area contributed by atoms with E-state index >= 15 is 0 Å². The minimum absolute atomic E-state index is 0.0274. The monoisotopic (exact) mass is 462 g/mol. The van der Waals surface area contributed by atoms with Gasteiger partial charge < -0.3 is 15.0 Å². The summed E-state index contributed by atoms with van der Waals surface area (Å²) in [5, 5.41) is 5.67. The highest BCUT2D eigenvalue weighted by Crippen LogP contribution is 2.48. The maximum Gasteiger partial charge on any atom is 0.230 e. The number of fused-ring (bicyclic) bond motifs is 3. The molecule has 1 N–H and O–H groups in total. The van der Waals surface area contributed by atoms with E-state index in [2.05, 4.69) is 36.5 Å². The minimum Gasteiger partial charge on any atom is -0.365 e. The molecule has 176 valence electrons. The van der Waals surface area contributed by atoms with Gasteiger partial charge in [0.15, 0.2) is 11.6 Å². The molecule has 2 atom stereocenters. The first-order valence-corrected chi connectivity index (χ1v) is 12.1. The third-order valence-corrected chi connectivity index (χ3v) is 7.84. The fourth-order valence-electron chi connectivity index (χ4n) is 5.83. The summed E-state index contributed by atoms with van der Waals surface area (Å²) in [6.07, 6.45) is 2.52. The Balaban J connectivity index is 1.38. The van der Waals surface area contributed by atoms with Crippen LogP contribution in [-0.2, 0) is 28.3 Å². The van der Waals surface area contributed by atoms with Crippen molar-refractivity contribution in [2.75, 3.05) is 13.1 Å². The standard InChI is InChI=1S/C28H28F2N2O2/c1-17-6-7-18-4-2-3-5-21(18)22(17)15-32(20-8-9-20)27(33)24-14-31-11-10-28(24)23-13-26(30)25(29)12-19(23)16-34-28/h2-7,12-13,20,24,31H,8-11,14-16H2,1H3/t24?,28-/m0/s1. The molecule has 1 aliphatic carbocycles. The SMILES string of the molecule is Cc1ccc2ccccc2c1CN(C(=O)C1CNCC[C@@]12OCc1cc(F)c(F)cc12)C1CC1. The van der Waals surface area contributed by atoms with Gasteiger partial charge in [0, 0.05) is 19.1 Å². The zero-order valence-corrected chi connectivity index (χ0v) is 19.2. The molecule has 1 amide bonds. The third kappa shape index (κ3) is 3.43. The number of halogens is 2. The Morgan fingerprint density at radius 1 is 1.15 bits per heavy atom. The van der Waals surface area contributed by atoms with Crippen LogP contribution in [0.2, 0.25) is 0 Å². The van der Waals surface area contributed by atoms with Crippen molar-refractivity contribution in [1.29, 1.82) is 0 Å². The van der Waals surface area contributed by atoms with Gasteiger partial charge in [-0.2, -0.15) is 0 Å². The summed E-state index contributed by atoms with van der Waals surface area (Å²) in [5.74, 6) is -2.23. The fraction of sp³-hybridized carbons (Fsp3) is 0.393. The summed E-state index contributed by atoms with van der Waals surface area (Å²) < 4.78 is 34.5. The van der Waals surface area contributed by atoms with E-state index in [1.54, 1.807) is 0 Å². The Hall–Kier alpha value is -2.83. The van der Waals surface area contributed by atoms with Gasteiger partial charge in [-0.05, 0) is 77.9 Å². The molecule has 1 saturated carbocycles. The lowest BCUT2D eigenvalue weighted by atomic mass is 9.75. The third-order valence-electron chi connectivity index (χ3n) is 7.84. The molecule has 0 aromatic heterocycles. The second-order valence-electron chi connectivity index (χ2n) is 9.89. The predicted octanol–water partition coefficient (Wildman–Crippen LogP) is 4.95. The van der Waals surface area contributed by atoms with Crippen molar-refractivity contribution in [3.8, 4) is 0 Å². The molecule has 0 bridgehead atoms. The number of hydrogen-bond donors (Lipinski definition) is 1. The van der Waals surface area contributed by atoms with Crippen LogP contribution in [0.3, 0.4) is 0 Å². The summed E-state index contributed by atoms with van der Waals surface area (Å²) in [5.41, 5.74) is 2.67. The van der Waals surface area contributed by atoms with Crippen molar-refractivity contribution in [3.05, 3.63) is 82.4 Å². The first-order chi connectivity index (χ1) is 16.5.